The Bertz CT molecular complexity index is 455. The predicted molar refractivity (Wildman–Crippen MR) is 62.8 cm³/mol. The van der Waals surface area contributed by atoms with Crippen molar-refractivity contribution in [2.24, 2.45) is 0 Å². The molecule has 1 aromatic heterocycles. The molecule has 1 aromatic rings. The molecule has 1 saturated carbocycles. The summed E-state index contributed by atoms with van der Waals surface area (Å²) < 4.78 is 0. The van der Waals surface area contributed by atoms with Crippen LogP contribution in [0.1, 0.15) is 36.0 Å². The Morgan fingerprint density at radius 2 is 2.18 bits per heavy atom. The summed E-state index contributed by atoms with van der Waals surface area (Å²) in [6.07, 6.45) is 5.80. The minimum Gasteiger partial charge on any atom is -0.391 e. The van der Waals surface area contributed by atoms with Crippen LogP contribution in [0.4, 0.5) is 0 Å². The van der Waals surface area contributed by atoms with Crippen LogP contribution in [0.2, 0.25) is 0 Å². The number of aliphatic hydroxyl groups is 1. The second kappa shape index (κ2) is 5.14. The van der Waals surface area contributed by atoms with Gasteiger partial charge in [-0.25, -0.2) is 0 Å². The molecule has 0 bridgehead atoms. The summed E-state index contributed by atoms with van der Waals surface area (Å²) in [5, 5.41) is 12.5. The number of nitrogens with one attached hydrogen (secondary N) is 2. The third kappa shape index (κ3) is 2.74. The highest BCUT2D eigenvalue weighted by molar-refractivity contribution is 5.93. The fraction of sp³-hybridized carbons (Fsp3) is 0.500. The zero-order valence-corrected chi connectivity index (χ0v) is 9.48. The molecular formula is C12H16N2O3. The number of carbonyl (C=O) groups excluding carboxylic acids is 1. The normalized spacial score (nSPS) is 24.3. The van der Waals surface area contributed by atoms with Gasteiger partial charge in [0.2, 0.25) is 0 Å². The summed E-state index contributed by atoms with van der Waals surface area (Å²) in [6, 6.07) is 1.07. The van der Waals surface area contributed by atoms with E-state index in [1.165, 1.54) is 18.5 Å². The van der Waals surface area contributed by atoms with E-state index < -0.39 is 12.0 Å². The molecular weight excluding hydrogens is 220 g/mol. The summed E-state index contributed by atoms with van der Waals surface area (Å²) in [4.78, 5) is 26.0. The van der Waals surface area contributed by atoms with Crippen LogP contribution in [0.3, 0.4) is 0 Å². The summed E-state index contributed by atoms with van der Waals surface area (Å²) >= 11 is 0. The van der Waals surface area contributed by atoms with Crippen molar-refractivity contribution in [3.63, 3.8) is 0 Å². The van der Waals surface area contributed by atoms with Gasteiger partial charge in [0, 0.05) is 18.5 Å². The fourth-order valence-corrected chi connectivity index (χ4v) is 2.12. The van der Waals surface area contributed by atoms with E-state index >= 15 is 0 Å². The van der Waals surface area contributed by atoms with Crippen molar-refractivity contribution in [3.05, 3.63) is 34.2 Å². The zero-order chi connectivity index (χ0) is 12.3. The first-order valence-electron chi connectivity index (χ1n) is 5.84. The van der Waals surface area contributed by atoms with Gasteiger partial charge in [0.25, 0.3) is 5.91 Å². The Balaban J connectivity index is 2.06. The second-order valence-electron chi connectivity index (χ2n) is 4.35. The molecule has 1 fully saturated rings. The molecule has 17 heavy (non-hydrogen) atoms. The molecule has 0 aromatic carbocycles. The maximum atomic E-state index is 11.8. The van der Waals surface area contributed by atoms with E-state index in [-0.39, 0.29) is 17.0 Å². The quantitative estimate of drug-likeness (QED) is 0.695. The van der Waals surface area contributed by atoms with E-state index in [1.807, 2.05) is 0 Å². The van der Waals surface area contributed by atoms with Crippen LogP contribution in [-0.4, -0.2) is 28.1 Å². The molecule has 1 heterocycles. The zero-order valence-electron chi connectivity index (χ0n) is 9.48. The predicted octanol–water partition coefficient (Wildman–Crippen LogP) is 0.408. The monoisotopic (exact) mass is 236 g/mol. The number of pyridine rings is 1. The fourth-order valence-electron chi connectivity index (χ4n) is 2.12. The van der Waals surface area contributed by atoms with Gasteiger partial charge >= 0.3 is 0 Å². The average molecular weight is 236 g/mol. The number of carbonyl (C=O) groups is 1. The SMILES string of the molecule is O=C(N[C@@H]1CCCC[C@H]1O)c1c[nH]ccc1=O. The van der Waals surface area contributed by atoms with E-state index in [0.29, 0.717) is 6.42 Å². The largest absolute Gasteiger partial charge is 0.391 e. The summed E-state index contributed by atoms with van der Waals surface area (Å²) in [7, 11) is 0. The molecule has 3 N–H and O–H groups in total. The van der Waals surface area contributed by atoms with Crippen LogP contribution in [0.25, 0.3) is 0 Å². The van der Waals surface area contributed by atoms with Crippen molar-refractivity contribution in [2.75, 3.05) is 0 Å². The van der Waals surface area contributed by atoms with Gasteiger partial charge < -0.3 is 15.4 Å². The molecule has 92 valence electrons. The summed E-state index contributed by atoms with van der Waals surface area (Å²) in [5.41, 5.74) is -0.225. The molecule has 1 amide bonds. The number of hydrogen-bond donors (Lipinski definition) is 3. The molecule has 1 aliphatic carbocycles. The molecule has 2 atom stereocenters. The maximum Gasteiger partial charge on any atom is 0.257 e. The molecule has 0 unspecified atom stereocenters. The molecule has 0 aliphatic heterocycles. The molecule has 2 rings (SSSR count). The standard InChI is InChI=1S/C12H16N2O3/c15-10-5-6-13-7-8(10)12(17)14-9-3-1-2-4-11(9)16/h5-7,9,11,16H,1-4H2,(H,13,15)(H,14,17)/t9-,11-/m1/s1. The van der Waals surface area contributed by atoms with Gasteiger partial charge in [-0.05, 0) is 12.8 Å². The number of aromatic nitrogens is 1. The van der Waals surface area contributed by atoms with Crippen LogP contribution in [0.15, 0.2) is 23.3 Å². The number of aliphatic hydroxyl groups excluding tert-OH is 1. The third-order valence-electron chi connectivity index (χ3n) is 3.11. The van der Waals surface area contributed by atoms with E-state index in [0.717, 1.165) is 19.3 Å². The third-order valence-corrected chi connectivity index (χ3v) is 3.11. The van der Waals surface area contributed by atoms with E-state index in [1.54, 1.807) is 0 Å². The first-order chi connectivity index (χ1) is 8.18. The van der Waals surface area contributed by atoms with Gasteiger partial charge in [0.15, 0.2) is 5.43 Å². The van der Waals surface area contributed by atoms with Gasteiger partial charge in [-0.2, -0.15) is 0 Å². The Labute approximate surface area is 98.9 Å². The Hall–Kier alpha value is -1.62. The highest BCUT2D eigenvalue weighted by atomic mass is 16.3. The van der Waals surface area contributed by atoms with E-state index in [9.17, 15) is 14.7 Å². The van der Waals surface area contributed by atoms with Gasteiger partial charge in [0.1, 0.15) is 5.56 Å². The highest BCUT2D eigenvalue weighted by Gasteiger charge is 2.25. The number of H-pyrrole nitrogens is 1. The molecule has 5 heteroatoms. The molecule has 0 spiro atoms. The Kier molecular flexibility index (Phi) is 3.58. The topological polar surface area (TPSA) is 82.2 Å². The van der Waals surface area contributed by atoms with Crippen molar-refractivity contribution in [3.8, 4) is 0 Å². The van der Waals surface area contributed by atoms with Crippen molar-refractivity contribution in [1.29, 1.82) is 0 Å². The van der Waals surface area contributed by atoms with Gasteiger partial charge in [0.05, 0.1) is 12.1 Å². The van der Waals surface area contributed by atoms with Crippen LogP contribution in [0, 0.1) is 0 Å². The summed E-state index contributed by atoms with van der Waals surface area (Å²) in [5.74, 6) is -0.419. The van der Waals surface area contributed by atoms with E-state index in [2.05, 4.69) is 10.3 Å². The Morgan fingerprint density at radius 1 is 1.41 bits per heavy atom. The van der Waals surface area contributed by atoms with Gasteiger partial charge in [-0.3, -0.25) is 9.59 Å². The molecule has 0 radical (unpaired) electrons. The Morgan fingerprint density at radius 3 is 2.88 bits per heavy atom. The highest BCUT2D eigenvalue weighted by Crippen LogP contribution is 2.18. The average Bonchev–Trinajstić information content (AvgIpc) is 2.32. The van der Waals surface area contributed by atoms with Crippen LogP contribution in [-0.2, 0) is 0 Å². The molecule has 0 saturated heterocycles. The summed E-state index contributed by atoms with van der Waals surface area (Å²) in [6.45, 7) is 0. The second-order valence-corrected chi connectivity index (χ2v) is 4.35. The number of rotatable bonds is 2. The lowest BCUT2D eigenvalue weighted by Gasteiger charge is -2.28. The lowest BCUT2D eigenvalue weighted by molar-refractivity contribution is 0.0716. The lowest BCUT2D eigenvalue weighted by atomic mass is 9.92. The molecule has 1 aliphatic rings. The minimum absolute atomic E-state index is 0.0882. The minimum atomic E-state index is -0.504. The van der Waals surface area contributed by atoms with Crippen molar-refractivity contribution >= 4 is 5.91 Å². The maximum absolute atomic E-state index is 11.8. The van der Waals surface area contributed by atoms with Crippen LogP contribution < -0.4 is 10.7 Å². The van der Waals surface area contributed by atoms with Gasteiger partial charge in [-0.1, -0.05) is 12.8 Å². The van der Waals surface area contributed by atoms with Crippen molar-refractivity contribution in [1.82, 2.24) is 10.3 Å². The lowest BCUT2D eigenvalue weighted by Crippen LogP contribution is -2.46. The first kappa shape index (κ1) is 11.9. The first-order valence-corrected chi connectivity index (χ1v) is 5.84. The van der Waals surface area contributed by atoms with Crippen LogP contribution in [0.5, 0.6) is 0 Å². The van der Waals surface area contributed by atoms with Crippen molar-refractivity contribution in [2.45, 2.75) is 37.8 Å². The van der Waals surface area contributed by atoms with Gasteiger partial charge in [-0.15, -0.1) is 0 Å². The number of amides is 1. The van der Waals surface area contributed by atoms with Crippen LogP contribution >= 0.6 is 0 Å². The smallest absolute Gasteiger partial charge is 0.257 e. The number of hydrogen-bond acceptors (Lipinski definition) is 3. The van der Waals surface area contributed by atoms with Crippen molar-refractivity contribution < 1.29 is 9.90 Å². The number of aromatic amines is 1. The molecule has 5 nitrogen and oxygen atoms in total. The van der Waals surface area contributed by atoms with E-state index in [4.69, 9.17) is 0 Å².